The maximum Gasteiger partial charge on any atom is 0.261 e. The molecule has 0 aliphatic carbocycles. The number of aryl methyl sites for hydroxylation is 1. The van der Waals surface area contributed by atoms with Crippen molar-refractivity contribution in [2.75, 3.05) is 11.8 Å². The van der Waals surface area contributed by atoms with Crippen LogP contribution in [0.4, 0.5) is 5.69 Å². The molecular formula is C13H12BrClN2O3S. The number of halogens is 2. The average Bonchev–Trinajstić information content (AvgIpc) is 2.42. The van der Waals surface area contributed by atoms with Gasteiger partial charge in [-0.2, -0.15) is 0 Å². The van der Waals surface area contributed by atoms with Crippen molar-refractivity contribution in [3.63, 3.8) is 0 Å². The van der Waals surface area contributed by atoms with Crippen molar-refractivity contribution in [3.05, 3.63) is 45.7 Å². The quantitative estimate of drug-likeness (QED) is 0.808. The number of hydrogen-bond donors (Lipinski definition) is 1. The number of rotatable bonds is 4. The molecule has 112 valence electrons. The predicted octanol–water partition coefficient (Wildman–Crippen LogP) is 3.62. The van der Waals surface area contributed by atoms with Gasteiger partial charge in [0.25, 0.3) is 10.0 Å². The number of anilines is 1. The minimum Gasteiger partial charge on any atom is -0.496 e. The molecule has 1 heterocycles. The second-order valence-corrected chi connectivity index (χ2v) is 7.09. The molecule has 21 heavy (non-hydrogen) atoms. The van der Waals surface area contributed by atoms with Gasteiger partial charge in [0, 0.05) is 0 Å². The molecule has 0 amide bonds. The van der Waals surface area contributed by atoms with Crippen molar-refractivity contribution in [3.8, 4) is 5.75 Å². The molecule has 1 aromatic heterocycles. The largest absolute Gasteiger partial charge is 0.496 e. The lowest BCUT2D eigenvalue weighted by Crippen LogP contribution is -2.14. The molecule has 0 saturated heterocycles. The monoisotopic (exact) mass is 390 g/mol. The van der Waals surface area contributed by atoms with Crippen molar-refractivity contribution < 1.29 is 13.2 Å². The normalized spacial score (nSPS) is 11.2. The van der Waals surface area contributed by atoms with Crippen LogP contribution in [0.5, 0.6) is 5.75 Å². The van der Waals surface area contributed by atoms with Crippen LogP contribution in [0.3, 0.4) is 0 Å². The lowest BCUT2D eigenvalue weighted by Gasteiger charge is -2.11. The van der Waals surface area contributed by atoms with E-state index >= 15 is 0 Å². The zero-order valence-corrected chi connectivity index (χ0v) is 14.4. The van der Waals surface area contributed by atoms with Crippen molar-refractivity contribution >= 4 is 43.2 Å². The van der Waals surface area contributed by atoms with Crippen molar-refractivity contribution in [2.45, 2.75) is 11.8 Å². The zero-order valence-electron chi connectivity index (χ0n) is 11.2. The number of ether oxygens (including phenoxy) is 1. The van der Waals surface area contributed by atoms with Gasteiger partial charge in [0.15, 0.2) is 0 Å². The van der Waals surface area contributed by atoms with Crippen LogP contribution < -0.4 is 9.46 Å². The Hall–Kier alpha value is -1.31. The maximum atomic E-state index is 12.4. The lowest BCUT2D eigenvalue weighted by molar-refractivity contribution is 0.411. The number of pyridine rings is 1. The van der Waals surface area contributed by atoms with Gasteiger partial charge < -0.3 is 4.74 Å². The lowest BCUT2D eigenvalue weighted by atomic mass is 10.3. The molecule has 0 atom stereocenters. The summed E-state index contributed by atoms with van der Waals surface area (Å²) in [6.07, 6.45) is 0. The summed E-state index contributed by atoms with van der Waals surface area (Å²) in [5, 5.41) is 0.308. The minimum absolute atomic E-state index is 0.115. The minimum atomic E-state index is -3.71. The van der Waals surface area contributed by atoms with Gasteiger partial charge >= 0.3 is 0 Å². The van der Waals surface area contributed by atoms with Crippen molar-refractivity contribution in [1.29, 1.82) is 0 Å². The van der Waals surface area contributed by atoms with E-state index in [0.29, 0.717) is 26.8 Å². The highest BCUT2D eigenvalue weighted by Crippen LogP contribution is 2.28. The molecule has 5 nitrogen and oxygen atoms in total. The summed E-state index contributed by atoms with van der Waals surface area (Å²) in [4.78, 5) is 4.12. The van der Waals surface area contributed by atoms with Crippen LogP contribution in [0.25, 0.3) is 0 Å². The Morgan fingerprint density at radius 3 is 2.57 bits per heavy atom. The first-order valence-electron chi connectivity index (χ1n) is 5.83. The van der Waals surface area contributed by atoms with E-state index in [4.69, 9.17) is 16.3 Å². The average molecular weight is 392 g/mol. The van der Waals surface area contributed by atoms with Crippen molar-refractivity contribution in [2.24, 2.45) is 0 Å². The van der Waals surface area contributed by atoms with Crippen molar-refractivity contribution in [1.82, 2.24) is 4.98 Å². The Labute approximate surface area is 136 Å². The SMILES string of the molecule is COc1ccc(S(=O)(=O)Nc2ccc(Cl)nc2C)cc1Br. The highest BCUT2D eigenvalue weighted by molar-refractivity contribution is 9.10. The molecule has 0 aliphatic heterocycles. The Morgan fingerprint density at radius 1 is 1.29 bits per heavy atom. The summed E-state index contributed by atoms with van der Waals surface area (Å²) in [6.45, 7) is 1.67. The Bertz CT molecular complexity index is 781. The number of nitrogens with zero attached hydrogens (tertiary/aromatic N) is 1. The van der Waals surface area contributed by atoms with Crippen LogP contribution >= 0.6 is 27.5 Å². The first-order valence-corrected chi connectivity index (χ1v) is 8.48. The molecule has 0 saturated carbocycles. The van der Waals surface area contributed by atoms with E-state index in [-0.39, 0.29) is 4.90 Å². The van der Waals surface area contributed by atoms with E-state index in [1.165, 1.54) is 25.3 Å². The van der Waals surface area contributed by atoms with Gasteiger partial charge in [-0.15, -0.1) is 0 Å². The van der Waals surface area contributed by atoms with E-state index < -0.39 is 10.0 Å². The van der Waals surface area contributed by atoms with Gasteiger partial charge in [0.05, 0.1) is 27.9 Å². The summed E-state index contributed by atoms with van der Waals surface area (Å²) < 4.78 is 32.8. The van der Waals surface area contributed by atoms with E-state index in [9.17, 15) is 8.42 Å². The topological polar surface area (TPSA) is 68.3 Å². The summed E-state index contributed by atoms with van der Waals surface area (Å²) in [7, 11) is -2.21. The molecule has 0 spiro atoms. The molecule has 8 heteroatoms. The zero-order chi connectivity index (χ0) is 15.6. The number of benzene rings is 1. The molecule has 0 fully saturated rings. The van der Waals surface area contributed by atoms with E-state index in [1.54, 1.807) is 19.1 Å². The molecule has 2 rings (SSSR count). The fraction of sp³-hybridized carbons (Fsp3) is 0.154. The molecule has 0 bridgehead atoms. The number of hydrogen-bond acceptors (Lipinski definition) is 4. The van der Waals surface area contributed by atoms with Gasteiger partial charge in [-0.1, -0.05) is 11.6 Å². The van der Waals surface area contributed by atoms with Gasteiger partial charge in [-0.05, 0) is 53.2 Å². The third-order valence-electron chi connectivity index (χ3n) is 2.73. The third kappa shape index (κ3) is 3.66. The molecule has 0 aliphatic rings. The van der Waals surface area contributed by atoms with Gasteiger partial charge in [-0.25, -0.2) is 13.4 Å². The van der Waals surface area contributed by atoms with E-state index in [2.05, 4.69) is 25.6 Å². The second kappa shape index (κ2) is 6.21. The Morgan fingerprint density at radius 2 is 2.00 bits per heavy atom. The first kappa shape index (κ1) is 16.1. The van der Waals surface area contributed by atoms with Crippen LogP contribution in [0, 0.1) is 6.92 Å². The highest BCUT2D eigenvalue weighted by Gasteiger charge is 2.17. The molecule has 0 radical (unpaired) electrons. The first-order chi connectivity index (χ1) is 9.83. The summed E-state index contributed by atoms with van der Waals surface area (Å²) in [5.74, 6) is 0.554. The fourth-order valence-electron chi connectivity index (χ4n) is 1.66. The third-order valence-corrected chi connectivity index (χ3v) is 4.92. The number of sulfonamides is 1. The smallest absolute Gasteiger partial charge is 0.261 e. The molecule has 1 N–H and O–H groups in total. The van der Waals surface area contributed by atoms with Gasteiger partial charge in [0.2, 0.25) is 0 Å². The summed E-state index contributed by atoms with van der Waals surface area (Å²) in [6, 6.07) is 7.60. The summed E-state index contributed by atoms with van der Waals surface area (Å²) in [5.41, 5.74) is 0.880. The van der Waals surface area contributed by atoms with E-state index in [0.717, 1.165) is 0 Å². The van der Waals surface area contributed by atoms with Crippen LogP contribution in [-0.4, -0.2) is 20.5 Å². The van der Waals surface area contributed by atoms with Crippen LogP contribution in [0.1, 0.15) is 5.69 Å². The fourth-order valence-corrected chi connectivity index (χ4v) is 3.68. The highest BCUT2D eigenvalue weighted by atomic mass is 79.9. The molecule has 2 aromatic rings. The van der Waals surface area contributed by atoms with Crippen LogP contribution in [0.15, 0.2) is 39.7 Å². The standard InChI is InChI=1S/C13H12BrClN2O3S/c1-8-11(4-6-13(15)16-8)17-21(18,19)9-3-5-12(20-2)10(14)7-9/h3-7,17H,1-2H3. The number of methoxy groups -OCH3 is 1. The van der Waals surface area contributed by atoms with E-state index in [1.807, 2.05) is 0 Å². The second-order valence-electron chi connectivity index (χ2n) is 4.17. The van der Waals surface area contributed by atoms with Crippen LogP contribution in [0.2, 0.25) is 5.15 Å². The van der Waals surface area contributed by atoms with Crippen LogP contribution in [-0.2, 0) is 10.0 Å². The van der Waals surface area contributed by atoms with Gasteiger partial charge in [0.1, 0.15) is 10.9 Å². The predicted molar refractivity (Wildman–Crippen MR) is 85.5 cm³/mol. The Balaban J connectivity index is 2.36. The molecule has 1 aromatic carbocycles. The Kier molecular flexibility index (Phi) is 4.75. The summed E-state index contributed by atoms with van der Waals surface area (Å²) >= 11 is 9.01. The number of nitrogens with one attached hydrogen (secondary N) is 1. The molecular weight excluding hydrogens is 380 g/mol. The van der Waals surface area contributed by atoms with Gasteiger partial charge in [-0.3, -0.25) is 4.72 Å². The number of aromatic nitrogens is 1. The molecule has 0 unspecified atom stereocenters. The maximum absolute atomic E-state index is 12.4.